The van der Waals surface area contributed by atoms with Crippen LogP contribution in [0.25, 0.3) is 0 Å². The number of anilines is 1. The molecule has 0 spiro atoms. The molecule has 3 rings (SSSR count). The molecular formula is C16H13BrN2O3. The Balaban J connectivity index is 1.80. The summed E-state index contributed by atoms with van der Waals surface area (Å²) in [6.45, 7) is 0.0876. The van der Waals surface area contributed by atoms with Gasteiger partial charge in [-0.1, -0.05) is 28.1 Å². The zero-order valence-electron chi connectivity index (χ0n) is 11.8. The van der Waals surface area contributed by atoms with Crippen LogP contribution in [0.15, 0.2) is 46.9 Å². The van der Waals surface area contributed by atoms with Crippen molar-refractivity contribution in [2.75, 3.05) is 19.1 Å². The molecule has 2 aromatic rings. The third-order valence-corrected chi connectivity index (χ3v) is 3.96. The summed E-state index contributed by atoms with van der Waals surface area (Å²) in [6, 6.07) is 12.4. The van der Waals surface area contributed by atoms with Gasteiger partial charge in [0.1, 0.15) is 5.75 Å². The second-order valence-electron chi connectivity index (χ2n) is 4.76. The monoisotopic (exact) mass is 360 g/mol. The summed E-state index contributed by atoms with van der Waals surface area (Å²) >= 11 is 3.31. The number of halogens is 1. The molecule has 0 saturated carbocycles. The van der Waals surface area contributed by atoms with Gasteiger partial charge in [-0.05, 0) is 30.3 Å². The van der Waals surface area contributed by atoms with Gasteiger partial charge >= 0.3 is 0 Å². The van der Waals surface area contributed by atoms with E-state index < -0.39 is 0 Å². The number of fused-ring (bicyclic) bond motifs is 1. The molecule has 2 amide bonds. The molecule has 1 aliphatic heterocycles. The lowest BCUT2D eigenvalue weighted by atomic mass is 10.1. The normalized spacial score (nSPS) is 13.3. The first kappa shape index (κ1) is 14.6. The highest BCUT2D eigenvalue weighted by Crippen LogP contribution is 2.27. The molecule has 0 unspecified atom stereocenters. The minimum Gasteiger partial charge on any atom is -0.495 e. The number of nitrogens with one attached hydrogen (secondary N) is 1. The minimum atomic E-state index is -0.302. The second kappa shape index (κ2) is 5.81. The Hall–Kier alpha value is -2.34. The molecule has 0 aliphatic carbocycles. The third-order valence-electron chi connectivity index (χ3n) is 3.47. The van der Waals surface area contributed by atoms with Crippen molar-refractivity contribution in [3.8, 4) is 5.75 Å². The third kappa shape index (κ3) is 2.46. The van der Waals surface area contributed by atoms with E-state index >= 15 is 0 Å². The Labute approximate surface area is 136 Å². The first-order valence-electron chi connectivity index (χ1n) is 6.64. The number of rotatable bonds is 4. The van der Waals surface area contributed by atoms with Crippen molar-refractivity contribution in [2.45, 2.75) is 0 Å². The highest BCUT2D eigenvalue weighted by molar-refractivity contribution is 9.10. The fourth-order valence-electron chi connectivity index (χ4n) is 2.36. The summed E-state index contributed by atoms with van der Waals surface area (Å²) in [5.41, 5.74) is 1.57. The molecule has 112 valence electrons. The molecule has 6 heteroatoms. The van der Waals surface area contributed by atoms with Crippen molar-refractivity contribution in [2.24, 2.45) is 0 Å². The zero-order valence-corrected chi connectivity index (χ0v) is 13.4. The molecule has 1 aliphatic rings. The topological polar surface area (TPSA) is 58.6 Å². The zero-order chi connectivity index (χ0) is 15.7. The lowest BCUT2D eigenvalue weighted by Crippen LogP contribution is -2.34. The van der Waals surface area contributed by atoms with Crippen LogP contribution in [-0.4, -0.2) is 30.5 Å². The summed E-state index contributed by atoms with van der Waals surface area (Å²) in [5.74, 6) is 0.0560. The molecule has 0 saturated heterocycles. The van der Waals surface area contributed by atoms with E-state index in [0.717, 1.165) is 10.2 Å². The van der Waals surface area contributed by atoms with E-state index in [9.17, 15) is 9.59 Å². The van der Waals surface area contributed by atoms with Crippen molar-refractivity contribution in [3.05, 3.63) is 58.1 Å². The van der Waals surface area contributed by atoms with Gasteiger partial charge in [-0.15, -0.1) is 0 Å². The lowest BCUT2D eigenvalue weighted by molar-refractivity contribution is 0.0665. The molecular weight excluding hydrogens is 348 g/mol. The Bertz CT molecular complexity index is 761. The molecule has 1 N–H and O–H groups in total. The molecule has 0 fully saturated rings. The number of benzene rings is 2. The van der Waals surface area contributed by atoms with E-state index in [1.165, 1.54) is 4.90 Å². The number of nitrogens with zero attached hydrogens (tertiary/aromatic N) is 1. The molecule has 2 aromatic carbocycles. The number of imide groups is 1. The number of methoxy groups -OCH3 is 1. The van der Waals surface area contributed by atoms with E-state index in [2.05, 4.69) is 21.2 Å². The summed E-state index contributed by atoms with van der Waals surface area (Å²) in [6.07, 6.45) is 0. The number of carbonyl (C=O) groups excluding carboxylic acids is 2. The molecule has 1 heterocycles. The van der Waals surface area contributed by atoms with E-state index in [0.29, 0.717) is 16.9 Å². The Kier molecular flexibility index (Phi) is 3.85. The Morgan fingerprint density at radius 2 is 1.82 bits per heavy atom. The van der Waals surface area contributed by atoms with Gasteiger partial charge in [-0.25, -0.2) is 0 Å². The van der Waals surface area contributed by atoms with E-state index in [4.69, 9.17) is 4.74 Å². The van der Waals surface area contributed by atoms with Crippen molar-refractivity contribution in [1.82, 2.24) is 4.90 Å². The van der Waals surface area contributed by atoms with Crippen LogP contribution in [-0.2, 0) is 0 Å². The number of amides is 2. The van der Waals surface area contributed by atoms with E-state index in [1.54, 1.807) is 25.3 Å². The Morgan fingerprint density at radius 3 is 2.59 bits per heavy atom. The SMILES string of the molecule is COc1ccccc1NCN1C(=O)c2ccc(Br)cc2C1=O. The summed E-state index contributed by atoms with van der Waals surface area (Å²) in [5, 5.41) is 3.06. The maximum Gasteiger partial charge on any atom is 0.263 e. The van der Waals surface area contributed by atoms with Crippen LogP contribution in [0.3, 0.4) is 0 Å². The molecule has 22 heavy (non-hydrogen) atoms. The number of ether oxygens (including phenoxy) is 1. The first-order valence-corrected chi connectivity index (χ1v) is 7.43. The number of hydrogen-bond donors (Lipinski definition) is 1. The van der Waals surface area contributed by atoms with Gasteiger partial charge < -0.3 is 10.1 Å². The first-order chi connectivity index (χ1) is 10.6. The quantitative estimate of drug-likeness (QED) is 0.851. The van der Waals surface area contributed by atoms with Crippen LogP contribution < -0.4 is 10.1 Å². The highest BCUT2D eigenvalue weighted by Gasteiger charge is 2.35. The van der Waals surface area contributed by atoms with Crippen molar-refractivity contribution < 1.29 is 14.3 Å². The standard InChI is InChI=1S/C16H13BrN2O3/c1-22-14-5-3-2-4-13(14)18-9-19-15(20)11-7-6-10(17)8-12(11)16(19)21/h2-8,18H,9H2,1H3. The van der Waals surface area contributed by atoms with Gasteiger partial charge in [0.15, 0.2) is 0 Å². The summed E-state index contributed by atoms with van der Waals surface area (Å²) in [7, 11) is 1.57. The molecule has 5 nitrogen and oxygen atoms in total. The van der Waals surface area contributed by atoms with E-state index in [-0.39, 0.29) is 18.5 Å². The average Bonchev–Trinajstić information content (AvgIpc) is 2.76. The smallest absolute Gasteiger partial charge is 0.263 e. The fraction of sp³-hybridized carbons (Fsp3) is 0.125. The number of carbonyl (C=O) groups is 2. The maximum absolute atomic E-state index is 12.3. The van der Waals surface area contributed by atoms with Crippen LogP contribution in [0, 0.1) is 0 Å². The number of hydrogen-bond acceptors (Lipinski definition) is 4. The van der Waals surface area contributed by atoms with Gasteiger partial charge in [0.05, 0.1) is 30.6 Å². The molecule has 0 radical (unpaired) electrons. The van der Waals surface area contributed by atoms with Crippen LogP contribution >= 0.6 is 15.9 Å². The summed E-state index contributed by atoms with van der Waals surface area (Å²) < 4.78 is 6.00. The number of para-hydroxylation sites is 2. The van der Waals surface area contributed by atoms with Crippen LogP contribution in [0.2, 0.25) is 0 Å². The molecule has 0 aromatic heterocycles. The van der Waals surface area contributed by atoms with Crippen LogP contribution in [0.4, 0.5) is 5.69 Å². The highest BCUT2D eigenvalue weighted by atomic mass is 79.9. The van der Waals surface area contributed by atoms with Crippen molar-refractivity contribution >= 4 is 33.4 Å². The Morgan fingerprint density at radius 1 is 1.09 bits per heavy atom. The van der Waals surface area contributed by atoms with Gasteiger partial charge in [-0.3, -0.25) is 14.5 Å². The predicted octanol–water partition coefficient (Wildman–Crippen LogP) is 3.12. The van der Waals surface area contributed by atoms with E-state index in [1.807, 2.05) is 24.3 Å². The van der Waals surface area contributed by atoms with Crippen LogP contribution in [0.5, 0.6) is 5.75 Å². The maximum atomic E-state index is 12.3. The molecule has 0 bridgehead atoms. The van der Waals surface area contributed by atoms with Crippen molar-refractivity contribution in [3.63, 3.8) is 0 Å². The minimum absolute atomic E-state index is 0.0876. The lowest BCUT2D eigenvalue weighted by Gasteiger charge is -2.17. The van der Waals surface area contributed by atoms with Gasteiger partial charge in [0, 0.05) is 4.47 Å². The second-order valence-corrected chi connectivity index (χ2v) is 5.68. The average molecular weight is 361 g/mol. The van der Waals surface area contributed by atoms with Crippen molar-refractivity contribution in [1.29, 1.82) is 0 Å². The van der Waals surface area contributed by atoms with Crippen LogP contribution in [0.1, 0.15) is 20.7 Å². The summed E-state index contributed by atoms with van der Waals surface area (Å²) in [4.78, 5) is 25.8. The van der Waals surface area contributed by atoms with Gasteiger partial charge in [0.2, 0.25) is 0 Å². The largest absolute Gasteiger partial charge is 0.495 e. The van der Waals surface area contributed by atoms with Gasteiger partial charge in [-0.2, -0.15) is 0 Å². The predicted molar refractivity (Wildman–Crippen MR) is 86.1 cm³/mol. The fourth-order valence-corrected chi connectivity index (χ4v) is 2.72. The van der Waals surface area contributed by atoms with Gasteiger partial charge in [0.25, 0.3) is 11.8 Å². The molecule has 0 atom stereocenters.